The second kappa shape index (κ2) is 11.6. The van der Waals surface area contributed by atoms with Crippen LogP contribution in [0.2, 0.25) is 0 Å². The number of benzene rings is 2. The molecule has 0 bridgehead atoms. The van der Waals surface area contributed by atoms with Gasteiger partial charge in [0.15, 0.2) is 0 Å². The topological polar surface area (TPSA) is 73.5 Å². The molecule has 1 aromatic heterocycles. The number of nitrogens with one attached hydrogen (secondary N) is 3. The number of thiophene rings is 1. The highest BCUT2D eigenvalue weighted by Crippen LogP contribution is 2.21. The molecule has 1 fully saturated rings. The van der Waals surface area contributed by atoms with Gasteiger partial charge >= 0.3 is 6.03 Å². The van der Waals surface area contributed by atoms with E-state index in [0.29, 0.717) is 18.7 Å². The molecule has 2 heterocycles. The number of likely N-dealkylation sites (tertiary alicyclic amines) is 1. The molecule has 0 radical (unpaired) electrons. The van der Waals surface area contributed by atoms with E-state index < -0.39 is 12.1 Å². The third kappa shape index (κ3) is 6.91. The lowest BCUT2D eigenvalue weighted by Gasteiger charge is -2.20. The number of nitrogens with zero attached hydrogens (tertiary/aromatic N) is 1. The number of rotatable bonds is 9. The molecular weight excluding hydrogens is 432 g/mol. The van der Waals surface area contributed by atoms with E-state index in [1.807, 2.05) is 72.1 Å². The van der Waals surface area contributed by atoms with Gasteiger partial charge in [-0.1, -0.05) is 48.5 Å². The number of carbonyl (C=O) groups is 2. The molecule has 0 aliphatic carbocycles. The van der Waals surface area contributed by atoms with E-state index in [4.69, 9.17) is 0 Å². The molecule has 6 nitrogen and oxygen atoms in total. The molecule has 1 aliphatic heterocycles. The standard InChI is InChI=1S/C26H30N4O2S/c31-25(27-14-17-30-15-4-5-16-30)24(19-23-9-6-18-33-23)29-26(32)28-22-12-10-21(11-13-22)20-7-2-1-3-8-20/h1-3,6-13,18,24H,4-5,14-17,19H2,(H,27,31)(H2,28,29,32). The highest BCUT2D eigenvalue weighted by atomic mass is 32.1. The van der Waals surface area contributed by atoms with Crippen molar-refractivity contribution in [1.29, 1.82) is 0 Å². The van der Waals surface area contributed by atoms with Gasteiger partial charge in [0, 0.05) is 30.1 Å². The van der Waals surface area contributed by atoms with Gasteiger partial charge in [-0.05, 0) is 60.6 Å². The first-order chi connectivity index (χ1) is 16.2. The van der Waals surface area contributed by atoms with E-state index >= 15 is 0 Å². The van der Waals surface area contributed by atoms with Crippen LogP contribution < -0.4 is 16.0 Å². The fraction of sp³-hybridized carbons (Fsp3) is 0.308. The molecule has 4 rings (SSSR count). The fourth-order valence-corrected chi connectivity index (χ4v) is 4.76. The summed E-state index contributed by atoms with van der Waals surface area (Å²) in [6.07, 6.45) is 2.92. The normalized spacial score (nSPS) is 14.5. The van der Waals surface area contributed by atoms with E-state index in [1.165, 1.54) is 12.8 Å². The molecule has 1 unspecified atom stereocenters. The second-order valence-corrected chi connectivity index (χ2v) is 9.25. The first-order valence-corrected chi connectivity index (χ1v) is 12.3. The van der Waals surface area contributed by atoms with Crippen LogP contribution in [0.3, 0.4) is 0 Å². The number of hydrogen-bond acceptors (Lipinski definition) is 4. The predicted molar refractivity (Wildman–Crippen MR) is 135 cm³/mol. The molecular formula is C26H30N4O2S. The van der Waals surface area contributed by atoms with E-state index in [1.54, 1.807) is 11.3 Å². The van der Waals surface area contributed by atoms with E-state index in [0.717, 1.165) is 35.6 Å². The van der Waals surface area contributed by atoms with Crippen LogP contribution in [0.4, 0.5) is 10.5 Å². The Labute approximate surface area is 199 Å². The summed E-state index contributed by atoms with van der Waals surface area (Å²) >= 11 is 1.58. The molecule has 3 N–H and O–H groups in total. The number of hydrogen-bond donors (Lipinski definition) is 3. The second-order valence-electron chi connectivity index (χ2n) is 8.22. The summed E-state index contributed by atoms with van der Waals surface area (Å²) in [6, 6.07) is 20.7. The van der Waals surface area contributed by atoms with Crippen molar-refractivity contribution >= 4 is 29.0 Å². The largest absolute Gasteiger partial charge is 0.353 e. The van der Waals surface area contributed by atoms with Crippen molar-refractivity contribution in [3.8, 4) is 11.1 Å². The van der Waals surface area contributed by atoms with Crippen LogP contribution in [0.1, 0.15) is 17.7 Å². The molecule has 1 atom stereocenters. The Balaban J connectivity index is 1.33. The van der Waals surface area contributed by atoms with Gasteiger partial charge in [-0.25, -0.2) is 4.79 Å². The average Bonchev–Trinajstić information content (AvgIpc) is 3.54. The van der Waals surface area contributed by atoms with Crippen molar-refractivity contribution in [1.82, 2.24) is 15.5 Å². The average molecular weight is 463 g/mol. The van der Waals surface area contributed by atoms with Crippen molar-refractivity contribution in [3.05, 3.63) is 77.0 Å². The third-order valence-corrected chi connectivity index (χ3v) is 6.68. The molecule has 172 valence electrons. The lowest BCUT2D eigenvalue weighted by atomic mass is 10.1. The van der Waals surface area contributed by atoms with Crippen molar-refractivity contribution in [2.75, 3.05) is 31.5 Å². The molecule has 0 spiro atoms. The molecule has 2 aromatic carbocycles. The molecule has 33 heavy (non-hydrogen) atoms. The highest BCUT2D eigenvalue weighted by Gasteiger charge is 2.22. The third-order valence-electron chi connectivity index (χ3n) is 5.78. The molecule has 7 heteroatoms. The van der Waals surface area contributed by atoms with Crippen LogP contribution in [0.15, 0.2) is 72.1 Å². The Morgan fingerprint density at radius 1 is 0.909 bits per heavy atom. The monoisotopic (exact) mass is 462 g/mol. The van der Waals surface area contributed by atoms with Crippen LogP contribution >= 0.6 is 11.3 Å². The van der Waals surface area contributed by atoms with Crippen molar-refractivity contribution < 1.29 is 9.59 Å². The van der Waals surface area contributed by atoms with Gasteiger partial charge in [0.05, 0.1) is 0 Å². The molecule has 3 amide bonds. The number of carbonyl (C=O) groups excluding carboxylic acids is 2. The van der Waals surface area contributed by atoms with Gasteiger partial charge in [0.2, 0.25) is 5.91 Å². The first kappa shape index (κ1) is 23.0. The predicted octanol–water partition coefficient (Wildman–Crippen LogP) is 4.36. The van der Waals surface area contributed by atoms with E-state index in [9.17, 15) is 9.59 Å². The van der Waals surface area contributed by atoms with Crippen LogP contribution in [0, 0.1) is 0 Å². The first-order valence-electron chi connectivity index (χ1n) is 11.4. The Morgan fingerprint density at radius 2 is 1.64 bits per heavy atom. The maximum atomic E-state index is 12.9. The zero-order chi connectivity index (χ0) is 22.9. The highest BCUT2D eigenvalue weighted by molar-refractivity contribution is 7.09. The smallest absolute Gasteiger partial charge is 0.319 e. The van der Waals surface area contributed by atoms with E-state index in [2.05, 4.69) is 20.9 Å². The van der Waals surface area contributed by atoms with E-state index in [-0.39, 0.29) is 5.91 Å². The minimum Gasteiger partial charge on any atom is -0.353 e. The summed E-state index contributed by atoms with van der Waals surface area (Å²) in [5.74, 6) is -0.155. The lowest BCUT2D eigenvalue weighted by Crippen LogP contribution is -2.50. The maximum absolute atomic E-state index is 12.9. The molecule has 3 aromatic rings. The maximum Gasteiger partial charge on any atom is 0.319 e. The van der Waals surface area contributed by atoms with Gasteiger partial charge in [-0.2, -0.15) is 0 Å². The summed E-state index contributed by atoms with van der Waals surface area (Å²) in [6.45, 7) is 3.62. The SMILES string of the molecule is O=C(Nc1ccc(-c2ccccc2)cc1)NC(Cc1cccs1)C(=O)NCCN1CCCC1. The van der Waals surface area contributed by atoms with Gasteiger partial charge in [-0.15, -0.1) is 11.3 Å². The van der Waals surface area contributed by atoms with Crippen molar-refractivity contribution in [2.45, 2.75) is 25.3 Å². The lowest BCUT2D eigenvalue weighted by molar-refractivity contribution is -0.122. The Kier molecular flexibility index (Phi) is 8.11. The Hall–Kier alpha value is -3.16. The number of urea groups is 1. The molecule has 1 saturated heterocycles. The summed E-state index contributed by atoms with van der Waals surface area (Å²) in [5, 5.41) is 10.7. The number of anilines is 1. The molecule has 0 saturated carbocycles. The summed E-state index contributed by atoms with van der Waals surface area (Å²) in [5.41, 5.74) is 2.88. The van der Waals surface area contributed by atoms with Crippen molar-refractivity contribution in [2.24, 2.45) is 0 Å². The van der Waals surface area contributed by atoms with Crippen LogP contribution in [-0.2, 0) is 11.2 Å². The Bertz CT molecular complexity index is 1020. The zero-order valence-corrected chi connectivity index (χ0v) is 19.4. The van der Waals surface area contributed by atoms with Crippen LogP contribution in [0.25, 0.3) is 11.1 Å². The van der Waals surface area contributed by atoms with Gasteiger partial charge in [0.25, 0.3) is 0 Å². The van der Waals surface area contributed by atoms with Gasteiger partial charge < -0.3 is 20.9 Å². The molecule has 1 aliphatic rings. The minimum absolute atomic E-state index is 0.155. The van der Waals surface area contributed by atoms with Crippen LogP contribution in [-0.4, -0.2) is 49.1 Å². The summed E-state index contributed by atoms with van der Waals surface area (Å²) in [4.78, 5) is 29.0. The summed E-state index contributed by atoms with van der Waals surface area (Å²) in [7, 11) is 0. The van der Waals surface area contributed by atoms with Gasteiger partial charge in [-0.3, -0.25) is 4.79 Å². The minimum atomic E-state index is -0.633. The van der Waals surface area contributed by atoms with Crippen LogP contribution in [0.5, 0.6) is 0 Å². The zero-order valence-electron chi connectivity index (χ0n) is 18.6. The van der Waals surface area contributed by atoms with Gasteiger partial charge in [0.1, 0.15) is 6.04 Å². The van der Waals surface area contributed by atoms with Crippen molar-refractivity contribution in [3.63, 3.8) is 0 Å². The number of amides is 3. The Morgan fingerprint density at radius 3 is 2.33 bits per heavy atom. The summed E-state index contributed by atoms with van der Waals surface area (Å²) < 4.78 is 0. The quantitative estimate of drug-likeness (QED) is 0.442. The fourth-order valence-electron chi connectivity index (χ4n) is 4.01.